The smallest absolute Gasteiger partial charge is 0.130 e. The summed E-state index contributed by atoms with van der Waals surface area (Å²) in [5, 5.41) is 31.9. The third-order valence-corrected chi connectivity index (χ3v) is 5.17. The van der Waals surface area contributed by atoms with Crippen LogP contribution in [0.1, 0.15) is 79.4 Å². The number of hydrogen-bond acceptors (Lipinski definition) is 3. The molecule has 0 aliphatic rings. The van der Waals surface area contributed by atoms with E-state index in [1.165, 1.54) is 28.4 Å². The molecule has 0 unspecified atom stereocenters. The van der Waals surface area contributed by atoms with Gasteiger partial charge in [0.05, 0.1) is 0 Å². The van der Waals surface area contributed by atoms with E-state index in [2.05, 4.69) is 39.8 Å². The van der Waals surface area contributed by atoms with Gasteiger partial charge >= 0.3 is 0 Å². The Balaban J connectivity index is 3.37. The minimum absolute atomic E-state index is 0.00519. The third-order valence-electron chi connectivity index (χ3n) is 5.17. The van der Waals surface area contributed by atoms with Gasteiger partial charge in [-0.15, -0.1) is 0 Å². The first-order valence-corrected chi connectivity index (χ1v) is 10.3. The Hall–Kier alpha value is -2.42. The normalized spacial score (nSPS) is 10.3. The van der Waals surface area contributed by atoms with E-state index in [1.54, 1.807) is 0 Å². The lowest BCUT2D eigenvalue weighted by atomic mass is 9.91. The number of phenols is 3. The third kappa shape index (κ3) is 7.49. The van der Waals surface area contributed by atoms with Crippen LogP contribution in [0.25, 0.3) is 0 Å². The molecule has 1 aromatic rings. The molecule has 3 nitrogen and oxygen atoms in total. The molecular weight excluding hydrogens is 360 g/mol. The zero-order chi connectivity index (χ0) is 22.3. The summed E-state index contributed by atoms with van der Waals surface area (Å²) >= 11 is 0. The van der Waals surface area contributed by atoms with Gasteiger partial charge in [-0.3, -0.25) is 0 Å². The van der Waals surface area contributed by atoms with Gasteiger partial charge in [0, 0.05) is 30.0 Å². The van der Waals surface area contributed by atoms with Crippen LogP contribution in [0.4, 0.5) is 0 Å². The average molecular weight is 399 g/mol. The molecule has 0 saturated carbocycles. The molecule has 29 heavy (non-hydrogen) atoms. The van der Waals surface area contributed by atoms with Gasteiger partial charge in [-0.05, 0) is 68.2 Å². The van der Waals surface area contributed by atoms with Crippen molar-refractivity contribution in [3.63, 3.8) is 0 Å². The molecule has 0 saturated heterocycles. The molecular formula is C26H38O3. The zero-order valence-corrected chi connectivity index (χ0v) is 19.4. The number of phenolic OH excluding ortho intramolecular Hbond substituents is 3. The molecule has 0 aliphatic carbocycles. The highest BCUT2D eigenvalue weighted by Gasteiger charge is 2.19. The monoisotopic (exact) mass is 398 g/mol. The van der Waals surface area contributed by atoms with Gasteiger partial charge in [0.2, 0.25) is 0 Å². The first kappa shape index (κ1) is 24.6. The molecule has 3 N–H and O–H groups in total. The predicted octanol–water partition coefficient (Wildman–Crippen LogP) is 7.27. The van der Waals surface area contributed by atoms with Crippen LogP contribution >= 0.6 is 0 Å². The van der Waals surface area contributed by atoms with Crippen LogP contribution in [0.3, 0.4) is 0 Å². The zero-order valence-electron chi connectivity index (χ0n) is 19.4. The molecule has 0 atom stereocenters. The molecule has 160 valence electrons. The van der Waals surface area contributed by atoms with Gasteiger partial charge in [0.15, 0.2) is 0 Å². The van der Waals surface area contributed by atoms with Crippen molar-refractivity contribution in [2.45, 2.75) is 81.1 Å². The van der Waals surface area contributed by atoms with Gasteiger partial charge in [0.25, 0.3) is 0 Å². The number of allylic oxidation sites excluding steroid dienone is 8. The van der Waals surface area contributed by atoms with Crippen LogP contribution in [0.2, 0.25) is 0 Å². The first-order chi connectivity index (χ1) is 13.4. The van der Waals surface area contributed by atoms with E-state index in [0.29, 0.717) is 24.0 Å². The number of benzene rings is 1. The van der Waals surface area contributed by atoms with Crippen molar-refractivity contribution in [1.82, 2.24) is 0 Å². The second-order valence-corrected chi connectivity index (χ2v) is 8.75. The Kier molecular flexibility index (Phi) is 9.29. The molecule has 3 heteroatoms. The summed E-state index contributed by atoms with van der Waals surface area (Å²) in [6.07, 6.45) is 6.76. The Morgan fingerprint density at radius 2 is 1.00 bits per heavy atom. The summed E-state index contributed by atoms with van der Waals surface area (Å²) in [4.78, 5) is 0. The fraction of sp³-hybridized carbons (Fsp3) is 0.462. The largest absolute Gasteiger partial charge is 0.507 e. The predicted molar refractivity (Wildman–Crippen MR) is 124 cm³/mol. The van der Waals surface area contributed by atoms with Gasteiger partial charge in [0.1, 0.15) is 17.2 Å². The van der Waals surface area contributed by atoms with E-state index < -0.39 is 0 Å². The molecule has 1 rings (SSSR count). The molecule has 0 aliphatic heterocycles. The molecule has 1 aromatic carbocycles. The lowest BCUT2D eigenvalue weighted by molar-refractivity contribution is 0.413. The van der Waals surface area contributed by atoms with Crippen molar-refractivity contribution in [1.29, 1.82) is 0 Å². The van der Waals surface area contributed by atoms with E-state index in [4.69, 9.17) is 0 Å². The number of rotatable bonds is 8. The lowest BCUT2D eigenvalue weighted by Gasteiger charge is -2.17. The van der Waals surface area contributed by atoms with Gasteiger partial charge in [-0.25, -0.2) is 0 Å². The summed E-state index contributed by atoms with van der Waals surface area (Å²) in [6, 6.07) is 1.36. The van der Waals surface area contributed by atoms with Crippen LogP contribution in [0.5, 0.6) is 17.2 Å². The molecule has 0 amide bonds. The number of hydrogen-bond donors (Lipinski definition) is 3. The summed E-state index contributed by atoms with van der Waals surface area (Å²) in [7, 11) is 0. The fourth-order valence-corrected chi connectivity index (χ4v) is 3.06. The fourth-order valence-electron chi connectivity index (χ4n) is 3.06. The Morgan fingerprint density at radius 3 is 1.28 bits per heavy atom. The van der Waals surface area contributed by atoms with Crippen molar-refractivity contribution in [2.75, 3.05) is 0 Å². The van der Waals surface area contributed by atoms with Crippen molar-refractivity contribution in [3.05, 3.63) is 62.8 Å². The summed E-state index contributed by atoms with van der Waals surface area (Å²) in [5.41, 5.74) is 8.07. The van der Waals surface area contributed by atoms with E-state index in [1.807, 2.05) is 27.7 Å². The minimum Gasteiger partial charge on any atom is -0.507 e. The SMILES string of the molecule is CC(C)=CCC(Cc1c(O)cc(O)c(CC(CC=C(C)C)=C(C)C)c1O)=C(C)C. The molecule has 0 spiro atoms. The maximum atomic E-state index is 11.0. The van der Waals surface area contributed by atoms with Gasteiger partial charge in [-0.1, -0.05) is 45.6 Å². The van der Waals surface area contributed by atoms with Crippen LogP contribution in [-0.4, -0.2) is 15.3 Å². The Labute approximate surface area is 176 Å². The maximum absolute atomic E-state index is 11.0. The first-order valence-electron chi connectivity index (χ1n) is 10.3. The second-order valence-electron chi connectivity index (χ2n) is 8.75. The van der Waals surface area contributed by atoms with Crippen LogP contribution in [0.15, 0.2) is 51.7 Å². The van der Waals surface area contributed by atoms with Crippen LogP contribution < -0.4 is 0 Å². The van der Waals surface area contributed by atoms with Crippen molar-refractivity contribution >= 4 is 0 Å². The minimum atomic E-state index is -0.0669. The molecule has 0 fully saturated rings. The highest BCUT2D eigenvalue weighted by Crippen LogP contribution is 2.41. The van der Waals surface area contributed by atoms with E-state index in [0.717, 1.165) is 24.0 Å². The van der Waals surface area contributed by atoms with Crippen LogP contribution in [0, 0.1) is 0 Å². The van der Waals surface area contributed by atoms with Crippen LogP contribution in [-0.2, 0) is 12.8 Å². The molecule has 0 aromatic heterocycles. The summed E-state index contributed by atoms with van der Waals surface area (Å²) in [6.45, 7) is 16.4. The second kappa shape index (κ2) is 10.9. The van der Waals surface area contributed by atoms with Gasteiger partial charge in [-0.2, -0.15) is 0 Å². The van der Waals surface area contributed by atoms with E-state index in [-0.39, 0.29) is 17.2 Å². The average Bonchev–Trinajstić information content (AvgIpc) is 2.59. The standard InChI is InChI=1S/C26H38O3/c1-16(2)9-11-20(18(5)6)13-22-24(27)15-25(28)23(26(22)29)14-21(19(7)8)12-10-17(3)4/h9-10,15,27-29H,11-14H2,1-8H3. The Morgan fingerprint density at radius 1 is 0.655 bits per heavy atom. The topological polar surface area (TPSA) is 60.7 Å². The molecule has 0 radical (unpaired) electrons. The number of aromatic hydroxyl groups is 3. The van der Waals surface area contributed by atoms with Crippen molar-refractivity contribution in [2.24, 2.45) is 0 Å². The molecule has 0 heterocycles. The lowest BCUT2D eigenvalue weighted by Crippen LogP contribution is -2.00. The van der Waals surface area contributed by atoms with Crippen molar-refractivity contribution < 1.29 is 15.3 Å². The Bertz CT molecular complexity index is 780. The summed E-state index contributed by atoms with van der Waals surface area (Å²) in [5.74, 6) is -0.139. The maximum Gasteiger partial charge on any atom is 0.130 e. The quantitative estimate of drug-likeness (QED) is 0.403. The van der Waals surface area contributed by atoms with E-state index in [9.17, 15) is 15.3 Å². The highest BCUT2D eigenvalue weighted by atomic mass is 16.3. The van der Waals surface area contributed by atoms with Crippen molar-refractivity contribution in [3.8, 4) is 17.2 Å². The van der Waals surface area contributed by atoms with Gasteiger partial charge < -0.3 is 15.3 Å². The summed E-state index contributed by atoms with van der Waals surface area (Å²) < 4.78 is 0. The highest BCUT2D eigenvalue weighted by molar-refractivity contribution is 5.58. The van der Waals surface area contributed by atoms with E-state index >= 15 is 0 Å². The molecule has 0 bridgehead atoms.